The van der Waals surface area contributed by atoms with Crippen molar-refractivity contribution in [2.75, 3.05) is 0 Å². The fourth-order valence-electron chi connectivity index (χ4n) is 0.758. The molecule has 0 aliphatic carbocycles. The fourth-order valence-corrected chi connectivity index (χ4v) is 0.985. The Bertz CT molecular complexity index is 333. The van der Waals surface area contributed by atoms with Gasteiger partial charge in [0.2, 0.25) is 0 Å². The minimum atomic E-state index is -0.398. The lowest BCUT2D eigenvalue weighted by molar-refractivity contribution is 0.627. The molecule has 0 aliphatic heterocycles. The molecule has 0 aliphatic rings. The van der Waals surface area contributed by atoms with Crippen LogP contribution in [0.15, 0.2) is 23.3 Å². The third kappa shape index (κ3) is 2.12. The molecule has 0 atom stereocenters. The van der Waals surface area contributed by atoms with Gasteiger partial charge in [0, 0.05) is 9.93 Å². The molecule has 0 unspecified atom stereocenters. The van der Waals surface area contributed by atoms with Crippen LogP contribution >= 0.6 is 11.6 Å². The first kappa shape index (κ1) is 8.84. The van der Waals surface area contributed by atoms with Gasteiger partial charge in [-0.2, -0.15) is 0 Å². The summed E-state index contributed by atoms with van der Waals surface area (Å²) in [5.41, 5.74) is 8.64. The number of hydrogen-bond donors (Lipinski definition) is 0. The van der Waals surface area contributed by atoms with Crippen LogP contribution in [0.2, 0.25) is 5.02 Å². The zero-order valence-electron chi connectivity index (χ0n) is 6.04. The minimum absolute atomic E-state index is 0.148. The van der Waals surface area contributed by atoms with E-state index >= 15 is 0 Å². The highest BCUT2D eigenvalue weighted by molar-refractivity contribution is 6.31. The summed E-state index contributed by atoms with van der Waals surface area (Å²) in [6, 6.07) is 3.95. The van der Waals surface area contributed by atoms with Crippen molar-refractivity contribution in [2.45, 2.75) is 6.54 Å². The van der Waals surface area contributed by atoms with Crippen LogP contribution in [0.5, 0.6) is 0 Å². The van der Waals surface area contributed by atoms with E-state index in [9.17, 15) is 4.39 Å². The van der Waals surface area contributed by atoms with E-state index < -0.39 is 5.82 Å². The van der Waals surface area contributed by atoms with Crippen LogP contribution in [0.1, 0.15) is 5.56 Å². The molecule has 0 spiro atoms. The van der Waals surface area contributed by atoms with Gasteiger partial charge < -0.3 is 0 Å². The summed E-state index contributed by atoms with van der Waals surface area (Å²) >= 11 is 5.64. The molecule has 1 aromatic carbocycles. The Morgan fingerprint density at radius 3 is 2.92 bits per heavy atom. The van der Waals surface area contributed by atoms with Gasteiger partial charge in [-0.05, 0) is 23.2 Å². The molecule has 0 aromatic heterocycles. The van der Waals surface area contributed by atoms with Crippen LogP contribution < -0.4 is 0 Å². The van der Waals surface area contributed by atoms with E-state index in [1.165, 1.54) is 18.2 Å². The number of rotatable bonds is 2. The van der Waals surface area contributed by atoms with Crippen molar-refractivity contribution in [1.29, 1.82) is 0 Å². The zero-order valence-corrected chi connectivity index (χ0v) is 6.79. The second kappa shape index (κ2) is 3.95. The Labute approximate surface area is 73.4 Å². The molecule has 1 rings (SSSR count). The summed E-state index contributed by atoms with van der Waals surface area (Å²) in [4.78, 5) is 2.57. The van der Waals surface area contributed by atoms with Gasteiger partial charge in [0.05, 0.1) is 6.54 Å². The largest absolute Gasteiger partial charge is 0.207 e. The van der Waals surface area contributed by atoms with E-state index in [0.29, 0.717) is 5.56 Å². The molecule has 0 amide bonds. The van der Waals surface area contributed by atoms with Crippen molar-refractivity contribution in [3.63, 3.8) is 0 Å². The van der Waals surface area contributed by atoms with Crippen molar-refractivity contribution < 1.29 is 4.39 Å². The number of halogens is 2. The predicted octanol–water partition coefficient (Wildman–Crippen LogP) is 3.29. The first-order valence-corrected chi connectivity index (χ1v) is 3.56. The van der Waals surface area contributed by atoms with Crippen molar-refractivity contribution in [2.24, 2.45) is 5.11 Å². The molecule has 0 heterocycles. The van der Waals surface area contributed by atoms with Gasteiger partial charge in [-0.25, -0.2) is 4.39 Å². The number of azide groups is 1. The smallest absolute Gasteiger partial charge is 0.124 e. The second-order valence-electron chi connectivity index (χ2n) is 2.12. The van der Waals surface area contributed by atoms with Crippen molar-refractivity contribution in [1.82, 2.24) is 0 Å². The SMILES string of the molecule is [N-]=[N+]=NCc1ccc(F)cc1Cl. The van der Waals surface area contributed by atoms with Crippen molar-refractivity contribution in [3.8, 4) is 0 Å². The Balaban J connectivity index is 2.93. The molecule has 0 saturated heterocycles. The molecule has 0 radical (unpaired) electrons. The van der Waals surface area contributed by atoms with Crippen molar-refractivity contribution >= 4 is 11.6 Å². The van der Waals surface area contributed by atoms with Crippen LogP contribution in [-0.4, -0.2) is 0 Å². The third-order valence-electron chi connectivity index (χ3n) is 1.32. The molecule has 5 heteroatoms. The van der Waals surface area contributed by atoms with E-state index in [1.54, 1.807) is 0 Å². The first-order valence-electron chi connectivity index (χ1n) is 3.19. The highest BCUT2D eigenvalue weighted by atomic mass is 35.5. The molecule has 12 heavy (non-hydrogen) atoms. The highest BCUT2D eigenvalue weighted by Gasteiger charge is 1.99. The molecule has 62 valence electrons. The van der Waals surface area contributed by atoms with Crippen LogP contribution in [0.4, 0.5) is 4.39 Å². The number of nitrogens with zero attached hydrogens (tertiary/aromatic N) is 3. The van der Waals surface area contributed by atoms with E-state index in [1.807, 2.05) is 0 Å². The van der Waals surface area contributed by atoms with E-state index in [2.05, 4.69) is 10.0 Å². The van der Waals surface area contributed by atoms with Crippen LogP contribution in [-0.2, 0) is 6.54 Å². The van der Waals surface area contributed by atoms with E-state index in [0.717, 1.165) is 0 Å². The average molecular weight is 186 g/mol. The highest BCUT2D eigenvalue weighted by Crippen LogP contribution is 2.17. The number of benzene rings is 1. The third-order valence-corrected chi connectivity index (χ3v) is 1.67. The number of hydrogen-bond acceptors (Lipinski definition) is 1. The monoisotopic (exact) mass is 185 g/mol. The molecule has 1 aromatic rings. The molecule has 0 fully saturated rings. The fraction of sp³-hybridized carbons (Fsp3) is 0.143. The predicted molar refractivity (Wildman–Crippen MR) is 44.3 cm³/mol. The average Bonchev–Trinajstić information content (AvgIpc) is 2.03. The Morgan fingerprint density at radius 2 is 2.33 bits per heavy atom. The van der Waals surface area contributed by atoms with E-state index in [-0.39, 0.29) is 11.6 Å². The maximum Gasteiger partial charge on any atom is 0.124 e. The molecular weight excluding hydrogens is 181 g/mol. The summed E-state index contributed by atoms with van der Waals surface area (Å²) in [6.45, 7) is 0.148. The van der Waals surface area contributed by atoms with Gasteiger partial charge in [-0.1, -0.05) is 22.8 Å². The van der Waals surface area contributed by atoms with Crippen LogP contribution in [0, 0.1) is 5.82 Å². The van der Waals surface area contributed by atoms with Gasteiger partial charge in [0.1, 0.15) is 5.82 Å². The molecule has 0 N–H and O–H groups in total. The summed E-state index contributed by atoms with van der Waals surface area (Å²) in [7, 11) is 0. The topological polar surface area (TPSA) is 48.8 Å². The van der Waals surface area contributed by atoms with Gasteiger partial charge in [0.25, 0.3) is 0 Å². The Kier molecular flexibility index (Phi) is 2.91. The molecule has 0 saturated carbocycles. The lowest BCUT2D eigenvalue weighted by atomic mass is 10.2. The molecular formula is C7H5ClFN3. The minimum Gasteiger partial charge on any atom is -0.207 e. The normalized spacial score (nSPS) is 9.17. The van der Waals surface area contributed by atoms with E-state index in [4.69, 9.17) is 17.1 Å². The lowest BCUT2D eigenvalue weighted by Gasteiger charge is -1.98. The van der Waals surface area contributed by atoms with Crippen molar-refractivity contribution in [3.05, 3.63) is 45.0 Å². The molecule has 3 nitrogen and oxygen atoms in total. The summed E-state index contributed by atoms with van der Waals surface area (Å²) < 4.78 is 12.5. The molecule has 0 bridgehead atoms. The summed E-state index contributed by atoms with van der Waals surface area (Å²) in [5.74, 6) is -0.398. The van der Waals surface area contributed by atoms with Gasteiger partial charge in [0.15, 0.2) is 0 Å². The first-order chi connectivity index (χ1) is 5.74. The Hall–Kier alpha value is -1.25. The maximum atomic E-state index is 12.5. The maximum absolute atomic E-state index is 12.5. The van der Waals surface area contributed by atoms with Crippen LogP contribution in [0.3, 0.4) is 0 Å². The lowest BCUT2D eigenvalue weighted by Crippen LogP contribution is -1.83. The van der Waals surface area contributed by atoms with Crippen LogP contribution in [0.25, 0.3) is 10.4 Å². The Morgan fingerprint density at radius 1 is 1.58 bits per heavy atom. The second-order valence-corrected chi connectivity index (χ2v) is 2.53. The quantitative estimate of drug-likeness (QED) is 0.386. The van der Waals surface area contributed by atoms with Gasteiger partial charge in [-0.3, -0.25) is 0 Å². The summed E-state index contributed by atoms with van der Waals surface area (Å²) in [6.07, 6.45) is 0. The zero-order chi connectivity index (χ0) is 8.97. The standard InChI is InChI=1S/C7H5ClFN3/c8-7-3-6(9)2-1-5(7)4-11-12-10/h1-3H,4H2. The van der Waals surface area contributed by atoms with Gasteiger partial charge in [-0.15, -0.1) is 0 Å². The summed E-state index contributed by atoms with van der Waals surface area (Å²) in [5, 5.41) is 3.59. The van der Waals surface area contributed by atoms with Gasteiger partial charge >= 0.3 is 0 Å².